The Hall–Kier alpha value is -2.08. The van der Waals surface area contributed by atoms with Crippen LogP contribution in [-0.2, 0) is 9.59 Å². The molecule has 2 N–H and O–H groups in total. The molecule has 3 rings (SSSR count). The zero-order valence-electron chi connectivity index (χ0n) is 14.0. The summed E-state index contributed by atoms with van der Waals surface area (Å²) < 4.78 is 5.31. The minimum absolute atomic E-state index is 0.0693. The largest absolute Gasteiger partial charge is 0.495 e. The van der Waals surface area contributed by atoms with Crippen LogP contribution in [-0.4, -0.2) is 43.7 Å². The molecule has 1 saturated heterocycles. The Morgan fingerprint density at radius 2 is 2.17 bits per heavy atom. The van der Waals surface area contributed by atoms with Gasteiger partial charge in [0, 0.05) is 24.9 Å². The fourth-order valence-corrected chi connectivity index (χ4v) is 3.46. The van der Waals surface area contributed by atoms with Crippen LogP contribution < -0.4 is 15.0 Å². The predicted molar refractivity (Wildman–Crippen MR) is 89.8 cm³/mol. The molecule has 1 aliphatic heterocycles. The minimum Gasteiger partial charge on any atom is -0.495 e. The number of rotatable bonds is 6. The van der Waals surface area contributed by atoms with Crippen LogP contribution in [0.25, 0.3) is 0 Å². The van der Waals surface area contributed by atoms with Crippen LogP contribution in [0, 0.1) is 11.3 Å². The molecular weight excluding hydrogens is 308 g/mol. The van der Waals surface area contributed by atoms with E-state index in [4.69, 9.17) is 4.74 Å². The summed E-state index contributed by atoms with van der Waals surface area (Å²) in [6.07, 6.45) is 3.19. The van der Waals surface area contributed by atoms with E-state index in [2.05, 4.69) is 5.32 Å². The Labute approximate surface area is 141 Å². The molecule has 1 aliphatic carbocycles. The van der Waals surface area contributed by atoms with Gasteiger partial charge in [0.1, 0.15) is 5.75 Å². The summed E-state index contributed by atoms with van der Waals surface area (Å²) in [4.78, 5) is 26.4. The highest BCUT2D eigenvalue weighted by Gasteiger charge is 2.39. The molecule has 1 aromatic rings. The van der Waals surface area contributed by atoms with Crippen molar-refractivity contribution in [3.63, 3.8) is 0 Å². The van der Waals surface area contributed by atoms with E-state index in [9.17, 15) is 14.7 Å². The van der Waals surface area contributed by atoms with Gasteiger partial charge in [0.15, 0.2) is 0 Å². The predicted octanol–water partition coefficient (Wildman–Crippen LogP) is 1.33. The zero-order chi connectivity index (χ0) is 17.2. The van der Waals surface area contributed by atoms with E-state index in [1.165, 1.54) is 0 Å². The first kappa shape index (κ1) is 16.8. The number of hydrogen-bond acceptors (Lipinski definition) is 4. The van der Waals surface area contributed by atoms with Crippen molar-refractivity contribution in [2.45, 2.75) is 25.7 Å². The van der Waals surface area contributed by atoms with Gasteiger partial charge in [-0.25, -0.2) is 0 Å². The summed E-state index contributed by atoms with van der Waals surface area (Å²) >= 11 is 0. The Kier molecular flexibility index (Phi) is 4.76. The molecule has 6 heteroatoms. The fourth-order valence-electron chi connectivity index (χ4n) is 3.46. The zero-order valence-corrected chi connectivity index (χ0v) is 14.0. The highest BCUT2D eigenvalue weighted by molar-refractivity contribution is 6.01. The molecule has 2 fully saturated rings. The Morgan fingerprint density at radius 1 is 1.42 bits per heavy atom. The molecule has 130 valence electrons. The molecule has 0 radical (unpaired) electrons. The lowest BCUT2D eigenvalue weighted by Crippen LogP contribution is -2.46. The number of aliphatic hydroxyl groups is 1. The van der Waals surface area contributed by atoms with Gasteiger partial charge in [-0.05, 0) is 25.0 Å². The van der Waals surface area contributed by atoms with Gasteiger partial charge in [-0.1, -0.05) is 18.6 Å². The van der Waals surface area contributed by atoms with E-state index < -0.39 is 0 Å². The number of ether oxygens (including phenoxy) is 1. The lowest BCUT2D eigenvalue weighted by Gasteiger charge is -2.40. The monoisotopic (exact) mass is 332 g/mol. The maximum absolute atomic E-state index is 12.4. The lowest BCUT2D eigenvalue weighted by atomic mass is 9.69. The van der Waals surface area contributed by atoms with Gasteiger partial charge in [-0.2, -0.15) is 0 Å². The van der Waals surface area contributed by atoms with Crippen LogP contribution in [0.5, 0.6) is 5.75 Å². The number of hydrogen-bond donors (Lipinski definition) is 2. The van der Waals surface area contributed by atoms with Gasteiger partial charge < -0.3 is 20.1 Å². The SMILES string of the molecule is COc1ccccc1N1CC(C(=O)NCC2(CO)CCC2)CC1=O. The second kappa shape index (κ2) is 6.81. The summed E-state index contributed by atoms with van der Waals surface area (Å²) in [5, 5.41) is 12.4. The van der Waals surface area contributed by atoms with Crippen LogP contribution in [0.2, 0.25) is 0 Å². The highest BCUT2D eigenvalue weighted by Crippen LogP contribution is 2.40. The summed E-state index contributed by atoms with van der Waals surface area (Å²) in [5.41, 5.74) is 0.548. The number of nitrogens with one attached hydrogen (secondary N) is 1. The lowest BCUT2D eigenvalue weighted by molar-refractivity contribution is -0.127. The van der Waals surface area contributed by atoms with E-state index in [0.717, 1.165) is 19.3 Å². The number of anilines is 1. The standard InChI is InChI=1S/C18H24N2O4/c1-24-15-6-3-2-5-14(15)20-10-13(9-16(20)22)17(23)19-11-18(12-21)7-4-8-18/h2-3,5-6,13,21H,4,7-12H2,1H3,(H,19,23). The van der Waals surface area contributed by atoms with Crippen molar-refractivity contribution < 1.29 is 19.4 Å². The molecule has 6 nitrogen and oxygen atoms in total. The maximum Gasteiger partial charge on any atom is 0.227 e. The molecule has 1 heterocycles. The van der Waals surface area contributed by atoms with Gasteiger partial charge in [-0.3, -0.25) is 9.59 Å². The smallest absolute Gasteiger partial charge is 0.227 e. The number of aliphatic hydroxyl groups excluding tert-OH is 1. The molecule has 2 amide bonds. The minimum atomic E-state index is -0.363. The van der Waals surface area contributed by atoms with Crippen LogP contribution in [0.4, 0.5) is 5.69 Å². The van der Waals surface area contributed by atoms with Crippen molar-refractivity contribution in [3.8, 4) is 5.75 Å². The Balaban J connectivity index is 1.63. The summed E-state index contributed by atoms with van der Waals surface area (Å²) in [5.74, 6) is 0.0829. The summed E-state index contributed by atoms with van der Waals surface area (Å²) in [6.45, 7) is 0.947. The topological polar surface area (TPSA) is 78.9 Å². The van der Waals surface area contributed by atoms with Crippen molar-refractivity contribution in [2.24, 2.45) is 11.3 Å². The van der Waals surface area contributed by atoms with Crippen molar-refractivity contribution in [2.75, 3.05) is 31.7 Å². The second-order valence-electron chi connectivity index (χ2n) is 6.81. The van der Waals surface area contributed by atoms with Gasteiger partial charge in [0.2, 0.25) is 11.8 Å². The molecule has 0 aromatic heterocycles. The third-order valence-electron chi connectivity index (χ3n) is 5.26. The highest BCUT2D eigenvalue weighted by atomic mass is 16.5. The van der Waals surface area contributed by atoms with E-state index in [-0.39, 0.29) is 36.2 Å². The molecule has 24 heavy (non-hydrogen) atoms. The average molecular weight is 332 g/mol. The molecule has 1 atom stereocenters. The molecule has 0 spiro atoms. The van der Waals surface area contributed by atoms with Crippen molar-refractivity contribution in [3.05, 3.63) is 24.3 Å². The Bertz CT molecular complexity index is 622. The van der Waals surface area contributed by atoms with Crippen LogP contribution in [0.1, 0.15) is 25.7 Å². The molecular formula is C18H24N2O4. The van der Waals surface area contributed by atoms with E-state index >= 15 is 0 Å². The maximum atomic E-state index is 12.4. The second-order valence-corrected chi connectivity index (χ2v) is 6.81. The number of benzene rings is 1. The number of carbonyl (C=O) groups is 2. The quantitative estimate of drug-likeness (QED) is 0.824. The third-order valence-corrected chi connectivity index (χ3v) is 5.26. The van der Waals surface area contributed by atoms with Crippen LogP contribution in [0.3, 0.4) is 0 Å². The number of nitrogens with zero attached hydrogens (tertiary/aromatic N) is 1. The van der Waals surface area contributed by atoms with Gasteiger partial charge in [0.25, 0.3) is 0 Å². The number of para-hydroxylation sites is 2. The van der Waals surface area contributed by atoms with Crippen molar-refractivity contribution in [1.29, 1.82) is 0 Å². The first-order valence-electron chi connectivity index (χ1n) is 8.40. The van der Waals surface area contributed by atoms with E-state index in [0.29, 0.717) is 24.5 Å². The van der Waals surface area contributed by atoms with E-state index in [1.807, 2.05) is 18.2 Å². The average Bonchev–Trinajstić information content (AvgIpc) is 2.95. The van der Waals surface area contributed by atoms with Gasteiger partial charge >= 0.3 is 0 Å². The van der Waals surface area contributed by atoms with Gasteiger partial charge in [0.05, 0.1) is 25.3 Å². The number of methoxy groups -OCH3 is 1. The van der Waals surface area contributed by atoms with Crippen molar-refractivity contribution >= 4 is 17.5 Å². The molecule has 2 aliphatic rings. The normalized spacial score (nSPS) is 22.2. The molecule has 0 bridgehead atoms. The molecule has 1 unspecified atom stereocenters. The van der Waals surface area contributed by atoms with Crippen molar-refractivity contribution in [1.82, 2.24) is 5.32 Å². The number of carbonyl (C=O) groups excluding carboxylic acids is 2. The van der Waals surface area contributed by atoms with Gasteiger partial charge in [-0.15, -0.1) is 0 Å². The van der Waals surface area contributed by atoms with Crippen LogP contribution in [0.15, 0.2) is 24.3 Å². The van der Waals surface area contributed by atoms with Crippen LogP contribution >= 0.6 is 0 Å². The summed E-state index contributed by atoms with van der Waals surface area (Å²) in [7, 11) is 1.57. The summed E-state index contributed by atoms with van der Waals surface area (Å²) in [6, 6.07) is 7.32. The fraction of sp³-hybridized carbons (Fsp3) is 0.556. The number of amides is 2. The third kappa shape index (κ3) is 3.11. The van der Waals surface area contributed by atoms with E-state index in [1.54, 1.807) is 18.1 Å². The first-order chi connectivity index (χ1) is 11.6. The Morgan fingerprint density at radius 3 is 2.79 bits per heavy atom. The molecule has 1 saturated carbocycles. The molecule has 1 aromatic carbocycles. The first-order valence-corrected chi connectivity index (χ1v) is 8.40.